The predicted molar refractivity (Wildman–Crippen MR) is 72.5 cm³/mol. The average molecular weight is 251 g/mol. The SMILES string of the molecule is CCc1nn(C)cc1CNCCCOCC1CC1. The first-order chi connectivity index (χ1) is 8.79. The maximum atomic E-state index is 5.60. The lowest BCUT2D eigenvalue weighted by molar-refractivity contribution is 0.122. The molecule has 1 aliphatic rings. The van der Waals surface area contributed by atoms with Crippen LogP contribution in [0, 0.1) is 5.92 Å². The lowest BCUT2D eigenvalue weighted by Crippen LogP contribution is -2.17. The monoisotopic (exact) mass is 251 g/mol. The molecule has 1 saturated carbocycles. The summed E-state index contributed by atoms with van der Waals surface area (Å²) in [6.45, 7) is 5.94. The zero-order valence-electron chi connectivity index (χ0n) is 11.6. The minimum Gasteiger partial charge on any atom is -0.381 e. The van der Waals surface area contributed by atoms with E-state index in [4.69, 9.17) is 4.74 Å². The number of aromatic nitrogens is 2. The molecule has 1 aliphatic carbocycles. The zero-order chi connectivity index (χ0) is 12.8. The van der Waals surface area contributed by atoms with Gasteiger partial charge < -0.3 is 10.1 Å². The maximum absolute atomic E-state index is 5.60. The third-order valence-corrected chi connectivity index (χ3v) is 3.33. The zero-order valence-corrected chi connectivity index (χ0v) is 11.6. The quantitative estimate of drug-likeness (QED) is 0.681. The lowest BCUT2D eigenvalue weighted by Gasteiger charge is -2.05. The molecule has 0 bridgehead atoms. The number of rotatable bonds is 9. The fourth-order valence-electron chi connectivity index (χ4n) is 2.09. The van der Waals surface area contributed by atoms with Crippen molar-refractivity contribution >= 4 is 0 Å². The van der Waals surface area contributed by atoms with E-state index < -0.39 is 0 Å². The molecule has 0 atom stereocenters. The first-order valence-corrected chi connectivity index (χ1v) is 7.09. The number of aryl methyl sites for hydroxylation is 2. The van der Waals surface area contributed by atoms with Crippen LogP contribution in [-0.4, -0.2) is 29.5 Å². The van der Waals surface area contributed by atoms with Crippen molar-refractivity contribution in [1.29, 1.82) is 0 Å². The molecule has 102 valence electrons. The van der Waals surface area contributed by atoms with Gasteiger partial charge >= 0.3 is 0 Å². The highest BCUT2D eigenvalue weighted by atomic mass is 16.5. The standard InChI is InChI=1S/C14H25N3O/c1-3-14-13(10-17(2)16-14)9-15-7-4-8-18-11-12-5-6-12/h10,12,15H,3-9,11H2,1-2H3. The van der Waals surface area contributed by atoms with E-state index in [1.807, 2.05) is 11.7 Å². The molecule has 0 spiro atoms. The normalized spacial score (nSPS) is 15.2. The van der Waals surface area contributed by atoms with Crippen LogP contribution in [0.25, 0.3) is 0 Å². The maximum Gasteiger partial charge on any atom is 0.0666 e. The largest absolute Gasteiger partial charge is 0.381 e. The minimum atomic E-state index is 0.875. The second-order valence-electron chi connectivity index (χ2n) is 5.18. The van der Waals surface area contributed by atoms with Crippen LogP contribution in [-0.2, 0) is 24.8 Å². The molecule has 1 fully saturated rings. The van der Waals surface area contributed by atoms with E-state index in [1.165, 1.54) is 24.1 Å². The van der Waals surface area contributed by atoms with Crippen molar-refractivity contribution in [2.75, 3.05) is 19.8 Å². The van der Waals surface area contributed by atoms with Crippen LogP contribution in [0.2, 0.25) is 0 Å². The van der Waals surface area contributed by atoms with Gasteiger partial charge in [0.2, 0.25) is 0 Å². The first-order valence-electron chi connectivity index (χ1n) is 7.09. The predicted octanol–water partition coefficient (Wildman–Crippen LogP) is 1.89. The number of hydrogen-bond acceptors (Lipinski definition) is 3. The topological polar surface area (TPSA) is 39.1 Å². The molecular formula is C14H25N3O. The number of nitrogens with zero attached hydrogens (tertiary/aromatic N) is 2. The second kappa shape index (κ2) is 6.90. The smallest absolute Gasteiger partial charge is 0.0666 e. The summed E-state index contributed by atoms with van der Waals surface area (Å²) in [6, 6.07) is 0. The summed E-state index contributed by atoms with van der Waals surface area (Å²) >= 11 is 0. The Labute approximate surface area is 110 Å². The molecule has 0 saturated heterocycles. The summed E-state index contributed by atoms with van der Waals surface area (Å²) in [5, 5.41) is 7.90. The Hall–Kier alpha value is -0.870. The Morgan fingerprint density at radius 1 is 1.50 bits per heavy atom. The van der Waals surface area contributed by atoms with E-state index in [0.717, 1.165) is 45.1 Å². The summed E-state index contributed by atoms with van der Waals surface area (Å²) in [5.41, 5.74) is 2.52. The van der Waals surface area contributed by atoms with E-state index in [-0.39, 0.29) is 0 Å². The van der Waals surface area contributed by atoms with Crippen LogP contribution >= 0.6 is 0 Å². The van der Waals surface area contributed by atoms with Crippen LogP contribution in [0.15, 0.2) is 6.20 Å². The lowest BCUT2D eigenvalue weighted by atomic mass is 10.2. The molecule has 1 N–H and O–H groups in total. The van der Waals surface area contributed by atoms with Gasteiger partial charge in [-0.05, 0) is 38.1 Å². The van der Waals surface area contributed by atoms with Crippen LogP contribution in [0.5, 0.6) is 0 Å². The Balaban J connectivity index is 1.53. The Morgan fingerprint density at radius 3 is 3.06 bits per heavy atom. The summed E-state index contributed by atoms with van der Waals surface area (Å²) < 4.78 is 7.50. The van der Waals surface area contributed by atoms with Gasteiger partial charge in [-0.15, -0.1) is 0 Å². The van der Waals surface area contributed by atoms with Crippen molar-refractivity contribution in [3.63, 3.8) is 0 Å². The van der Waals surface area contributed by atoms with Gasteiger partial charge in [0.1, 0.15) is 0 Å². The van der Waals surface area contributed by atoms with Crippen molar-refractivity contribution in [3.05, 3.63) is 17.5 Å². The van der Waals surface area contributed by atoms with Crippen molar-refractivity contribution in [3.8, 4) is 0 Å². The van der Waals surface area contributed by atoms with Crippen molar-refractivity contribution in [1.82, 2.24) is 15.1 Å². The molecule has 0 amide bonds. The van der Waals surface area contributed by atoms with E-state index in [2.05, 4.69) is 23.5 Å². The Morgan fingerprint density at radius 2 is 2.33 bits per heavy atom. The molecule has 0 radical (unpaired) electrons. The Bertz CT molecular complexity index is 358. The van der Waals surface area contributed by atoms with Gasteiger partial charge in [0.15, 0.2) is 0 Å². The number of nitrogens with one attached hydrogen (secondary N) is 1. The summed E-state index contributed by atoms with van der Waals surface area (Å²) in [5.74, 6) is 0.875. The molecule has 0 unspecified atom stereocenters. The molecule has 0 aromatic carbocycles. The van der Waals surface area contributed by atoms with Gasteiger partial charge in [0, 0.05) is 38.6 Å². The van der Waals surface area contributed by atoms with Gasteiger partial charge in [0.05, 0.1) is 5.69 Å². The number of hydrogen-bond donors (Lipinski definition) is 1. The Kier molecular flexibility index (Phi) is 5.20. The third-order valence-electron chi connectivity index (χ3n) is 3.33. The molecule has 4 heteroatoms. The van der Waals surface area contributed by atoms with E-state index >= 15 is 0 Å². The molecule has 0 aliphatic heterocycles. The molecule has 4 nitrogen and oxygen atoms in total. The van der Waals surface area contributed by atoms with Gasteiger partial charge in [-0.1, -0.05) is 6.92 Å². The van der Waals surface area contributed by atoms with Crippen LogP contribution in [0.1, 0.15) is 37.4 Å². The highest BCUT2D eigenvalue weighted by Crippen LogP contribution is 2.28. The molecule has 1 heterocycles. The molecule has 2 rings (SSSR count). The van der Waals surface area contributed by atoms with Crippen molar-refractivity contribution in [2.45, 2.75) is 39.2 Å². The fraction of sp³-hybridized carbons (Fsp3) is 0.786. The summed E-state index contributed by atoms with van der Waals surface area (Å²) in [4.78, 5) is 0. The molecule has 1 aromatic rings. The molecule has 1 aromatic heterocycles. The molecular weight excluding hydrogens is 226 g/mol. The highest BCUT2D eigenvalue weighted by Gasteiger charge is 2.20. The van der Waals surface area contributed by atoms with Gasteiger partial charge in [-0.25, -0.2) is 0 Å². The molecule has 18 heavy (non-hydrogen) atoms. The average Bonchev–Trinajstić information content (AvgIpc) is 3.11. The van der Waals surface area contributed by atoms with Crippen LogP contribution < -0.4 is 5.32 Å². The van der Waals surface area contributed by atoms with Crippen molar-refractivity contribution in [2.24, 2.45) is 13.0 Å². The van der Waals surface area contributed by atoms with Crippen LogP contribution in [0.4, 0.5) is 0 Å². The van der Waals surface area contributed by atoms with Crippen molar-refractivity contribution < 1.29 is 4.74 Å². The highest BCUT2D eigenvalue weighted by molar-refractivity contribution is 5.16. The minimum absolute atomic E-state index is 0.875. The van der Waals surface area contributed by atoms with E-state index in [1.54, 1.807) is 0 Å². The van der Waals surface area contributed by atoms with Gasteiger partial charge in [-0.3, -0.25) is 4.68 Å². The van der Waals surface area contributed by atoms with Gasteiger partial charge in [0.25, 0.3) is 0 Å². The van der Waals surface area contributed by atoms with Crippen LogP contribution in [0.3, 0.4) is 0 Å². The first kappa shape index (κ1) is 13.6. The van der Waals surface area contributed by atoms with E-state index in [0.29, 0.717) is 0 Å². The summed E-state index contributed by atoms with van der Waals surface area (Å²) in [7, 11) is 1.98. The third kappa shape index (κ3) is 4.42. The summed E-state index contributed by atoms with van der Waals surface area (Å²) in [6.07, 6.45) is 6.95. The fourth-order valence-corrected chi connectivity index (χ4v) is 2.09. The van der Waals surface area contributed by atoms with E-state index in [9.17, 15) is 0 Å². The second-order valence-corrected chi connectivity index (χ2v) is 5.18. The number of ether oxygens (including phenoxy) is 1. The van der Waals surface area contributed by atoms with Gasteiger partial charge in [-0.2, -0.15) is 5.10 Å².